The van der Waals surface area contributed by atoms with Crippen LogP contribution in [0.15, 0.2) is 42.5 Å². The minimum atomic E-state index is 0.368. The van der Waals surface area contributed by atoms with Crippen molar-refractivity contribution >= 4 is 6.29 Å². The molecule has 0 aliphatic heterocycles. The third-order valence-corrected chi connectivity index (χ3v) is 3.50. The van der Waals surface area contributed by atoms with Gasteiger partial charge in [0.2, 0.25) is 0 Å². The largest absolute Gasteiger partial charge is 0.376 e. The molecule has 0 saturated heterocycles. The maximum Gasteiger partial charge on any atom is 0.120 e. The summed E-state index contributed by atoms with van der Waals surface area (Å²) >= 11 is 0. The number of allylic oxidation sites excluding steroid dienone is 2. The van der Waals surface area contributed by atoms with Crippen molar-refractivity contribution in [3.8, 4) is 0 Å². The Kier molecular flexibility index (Phi) is 5.15. The van der Waals surface area contributed by atoms with Crippen molar-refractivity contribution in [1.29, 1.82) is 0 Å². The highest BCUT2D eigenvalue weighted by atomic mass is 16.5. The molecule has 1 aromatic rings. The number of ether oxygens (including phenoxy) is 1. The second kappa shape index (κ2) is 7.12. The SMILES string of the molecule is O=CC[C@@H]1C=CCC[C@@H]1COCc1ccccc1. The Labute approximate surface area is 109 Å². The number of rotatable bonds is 6. The highest BCUT2D eigenvalue weighted by molar-refractivity contribution is 5.50. The monoisotopic (exact) mass is 244 g/mol. The van der Waals surface area contributed by atoms with Gasteiger partial charge in [0.05, 0.1) is 13.2 Å². The topological polar surface area (TPSA) is 26.3 Å². The van der Waals surface area contributed by atoms with Crippen LogP contribution in [-0.4, -0.2) is 12.9 Å². The standard InChI is InChI=1S/C16H20O2/c17-11-10-15-8-4-5-9-16(15)13-18-12-14-6-2-1-3-7-14/h1-4,6-8,11,15-16H,5,9-10,12-13H2/t15-,16+/m0/s1. The Morgan fingerprint density at radius 1 is 1.28 bits per heavy atom. The zero-order valence-corrected chi connectivity index (χ0v) is 10.6. The summed E-state index contributed by atoms with van der Waals surface area (Å²) in [5.41, 5.74) is 1.20. The lowest BCUT2D eigenvalue weighted by Gasteiger charge is -2.26. The molecular formula is C16H20O2. The van der Waals surface area contributed by atoms with Gasteiger partial charge in [-0.2, -0.15) is 0 Å². The third-order valence-electron chi connectivity index (χ3n) is 3.50. The molecule has 0 unspecified atom stereocenters. The van der Waals surface area contributed by atoms with E-state index in [1.165, 1.54) is 5.56 Å². The summed E-state index contributed by atoms with van der Waals surface area (Å²) in [7, 11) is 0. The molecule has 0 aromatic heterocycles. The van der Waals surface area contributed by atoms with Gasteiger partial charge in [-0.25, -0.2) is 0 Å². The minimum absolute atomic E-state index is 0.368. The van der Waals surface area contributed by atoms with Crippen molar-refractivity contribution in [1.82, 2.24) is 0 Å². The van der Waals surface area contributed by atoms with Crippen LogP contribution in [0.2, 0.25) is 0 Å². The zero-order valence-electron chi connectivity index (χ0n) is 10.6. The first-order chi connectivity index (χ1) is 8.90. The Balaban J connectivity index is 1.78. The van der Waals surface area contributed by atoms with Gasteiger partial charge in [-0.05, 0) is 30.2 Å². The smallest absolute Gasteiger partial charge is 0.120 e. The minimum Gasteiger partial charge on any atom is -0.376 e. The summed E-state index contributed by atoms with van der Waals surface area (Å²) in [6, 6.07) is 10.2. The van der Waals surface area contributed by atoms with Crippen molar-refractivity contribution in [2.24, 2.45) is 11.8 Å². The number of carbonyl (C=O) groups is 1. The highest BCUT2D eigenvalue weighted by Crippen LogP contribution is 2.27. The summed E-state index contributed by atoms with van der Waals surface area (Å²) in [4.78, 5) is 10.6. The molecule has 1 aromatic carbocycles. The molecule has 2 heteroatoms. The second-order valence-corrected chi connectivity index (χ2v) is 4.83. The van der Waals surface area contributed by atoms with Gasteiger partial charge in [-0.1, -0.05) is 42.5 Å². The van der Waals surface area contributed by atoms with Crippen LogP contribution in [-0.2, 0) is 16.1 Å². The molecule has 18 heavy (non-hydrogen) atoms. The summed E-state index contributed by atoms with van der Waals surface area (Å²) in [6.45, 7) is 1.41. The normalized spacial score (nSPS) is 22.9. The molecule has 2 rings (SSSR count). The maximum absolute atomic E-state index is 10.6. The van der Waals surface area contributed by atoms with Crippen molar-refractivity contribution in [3.05, 3.63) is 48.0 Å². The van der Waals surface area contributed by atoms with E-state index >= 15 is 0 Å². The molecule has 0 heterocycles. The molecule has 0 amide bonds. The summed E-state index contributed by atoms with van der Waals surface area (Å²) < 4.78 is 5.79. The lowest BCUT2D eigenvalue weighted by molar-refractivity contribution is -0.108. The molecule has 1 aliphatic rings. The third kappa shape index (κ3) is 3.81. The number of hydrogen-bond donors (Lipinski definition) is 0. The molecule has 0 fully saturated rings. The number of carbonyl (C=O) groups excluding carboxylic acids is 1. The Bertz CT molecular complexity index is 383. The van der Waals surface area contributed by atoms with Crippen molar-refractivity contribution in [2.75, 3.05) is 6.61 Å². The van der Waals surface area contributed by atoms with Crippen LogP contribution in [0.25, 0.3) is 0 Å². The molecule has 2 nitrogen and oxygen atoms in total. The van der Waals surface area contributed by atoms with Crippen LogP contribution in [0.3, 0.4) is 0 Å². The molecule has 0 spiro atoms. The van der Waals surface area contributed by atoms with E-state index in [0.29, 0.717) is 24.9 Å². The molecule has 1 aliphatic carbocycles. The Morgan fingerprint density at radius 3 is 2.89 bits per heavy atom. The van der Waals surface area contributed by atoms with E-state index in [2.05, 4.69) is 24.3 Å². The van der Waals surface area contributed by atoms with Gasteiger partial charge in [-0.15, -0.1) is 0 Å². The van der Waals surface area contributed by atoms with E-state index in [1.54, 1.807) is 0 Å². The van der Waals surface area contributed by atoms with Gasteiger partial charge in [0.1, 0.15) is 6.29 Å². The van der Waals surface area contributed by atoms with Crippen LogP contribution >= 0.6 is 0 Å². The highest BCUT2D eigenvalue weighted by Gasteiger charge is 2.21. The van der Waals surface area contributed by atoms with Gasteiger partial charge < -0.3 is 9.53 Å². The predicted octanol–water partition coefficient (Wildman–Crippen LogP) is 3.37. The Morgan fingerprint density at radius 2 is 2.11 bits per heavy atom. The molecule has 0 N–H and O–H groups in total. The van der Waals surface area contributed by atoms with Crippen molar-refractivity contribution < 1.29 is 9.53 Å². The fourth-order valence-electron chi connectivity index (χ4n) is 2.44. The van der Waals surface area contributed by atoms with Crippen LogP contribution in [0.5, 0.6) is 0 Å². The second-order valence-electron chi connectivity index (χ2n) is 4.83. The van der Waals surface area contributed by atoms with Gasteiger partial charge in [0.15, 0.2) is 0 Å². The fourth-order valence-corrected chi connectivity index (χ4v) is 2.44. The van der Waals surface area contributed by atoms with Crippen molar-refractivity contribution in [3.63, 3.8) is 0 Å². The maximum atomic E-state index is 10.6. The van der Waals surface area contributed by atoms with Crippen LogP contribution < -0.4 is 0 Å². The number of benzene rings is 1. The van der Waals surface area contributed by atoms with Gasteiger partial charge in [-0.3, -0.25) is 0 Å². The van der Waals surface area contributed by atoms with Gasteiger partial charge >= 0.3 is 0 Å². The predicted molar refractivity (Wildman–Crippen MR) is 72.1 cm³/mol. The van der Waals surface area contributed by atoms with Gasteiger partial charge in [0, 0.05) is 6.42 Å². The van der Waals surface area contributed by atoms with Gasteiger partial charge in [0.25, 0.3) is 0 Å². The average molecular weight is 244 g/mol. The summed E-state index contributed by atoms with van der Waals surface area (Å²) in [6.07, 6.45) is 8.23. The van der Waals surface area contributed by atoms with Crippen molar-refractivity contribution in [2.45, 2.75) is 25.9 Å². The van der Waals surface area contributed by atoms with Crippen LogP contribution in [0, 0.1) is 11.8 Å². The first kappa shape index (κ1) is 13.0. The average Bonchev–Trinajstić information content (AvgIpc) is 2.42. The molecular weight excluding hydrogens is 224 g/mol. The van der Waals surface area contributed by atoms with Crippen LogP contribution in [0.4, 0.5) is 0 Å². The number of aldehydes is 1. The zero-order chi connectivity index (χ0) is 12.6. The molecule has 96 valence electrons. The summed E-state index contributed by atoms with van der Waals surface area (Å²) in [5, 5.41) is 0. The van der Waals surface area contributed by atoms with E-state index in [-0.39, 0.29) is 0 Å². The first-order valence-electron chi connectivity index (χ1n) is 6.62. The quantitative estimate of drug-likeness (QED) is 0.566. The molecule has 0 radical (unpaired) electrons. The van der Waals surface area contributed by atoms with E-state index < -0.39 is 0 Å². The van der Waals surface area contributed by atoms with E-state index in [4.69, 9.17) is 4.74 Å². The number of hydrogen-bond acceptors (Lipinski definition) is 2. The molecule has 0 bridgehead atoms. The fraction of sp³-hybridized carbons (Fsp3) is 0.438. The summed E-state index contributed by atoms with van der Waals surface area (Å²) in [5.74, 6) is 0.857. The first-order valence-corrected chi connectivity index (χ1v) is 6.62. The van der Waals surface area contributed by atoms with E-state index in [0.717, 1.165) is 25.7 Å². The van der Waals surface area contributed by atoms with Crippen LogP contribution in [0.1, 0.15) is 24.8 Å². The van der Waals surface area contributed by atoms with E-state index in [1.807, 2.05) is 18.2 Å². The van der Waals surface area contributed by atoms with E-state index in [9.17, 15) is 4.79 Å². The lowest BCUT2D eigenvalue weighted by atomic mass is 9.83. The molecule has 2 atom stereocenters. The Hall–Kier alpha value is -1.41. The lowest BCUT2D eigenvalue weighted by Crippen LogP contribution is -2.21. The molecule has 0 saturated carbocycles.